The van der Waals surface area contributed by atoms with Crippen LogP contribution >= 0.6 is 0 Å². The number of fused-ring (bicyclic) bond motifs is 2. The first kappa shape index (κ1) is 25.2. The molecule has 0 saturated carbocycles. The lowest BCUT2D eigenvalue weighted by Gasteiger charge is -2.25. The third-order valence-electron chi connectivity index (χ3n) is 6.46. The van der Waals surface area contributed by atoms with E-state index < -0.39 is 22.5 Å². The minimum Gasteiger partial charge on any atom is -0.271 e. The van der Waals surface area contributed by atoms with Gasteiger partial charge in [0.25, 0.3) is 15.9 Å². The van der Waals surface area contributed by atoms with Gasteiger partial charge in [-0.15, -0.1) is 0 Å². The summed E-state index contributed by atoms with van der Waals surface area (Å²) >= 11 is 0. The number of hydrogen-bond donors (Lipinski definition) is 1. The number of sulfonamides is 1. The fourth-order valence-electron chi connectivity index (χ4n) is 4.60. The largest absolute Gasteiger partial charge is 0.271 e. The minimum atomic E-state index is -4.00. The van der Waals surface area contributed by atoms with Crippen LogP contribution < -0.4 is 9.73 Å². The Morgan fingerprint density at radius 3 is 2.05 bits per heavy atom. The number of hydrogen-bond acceptors (Lipinski definition) is 4. The summed E-state index contributed by atoms with van der Waals surface area (Å²) < 4.78 is 28.4. The molecule has 0 aromatic heterocycles. The summed E-state index contributed by atoms with van der Waals surface area (Å²) in [7, 11) is -4.00. The van der Waals surface area contributed by atoms with E-state index in [1.807, 2.05) is 67.6 Å². The zero-order valence-corrected chi connectivity index (χ0v) is 21.7. The van der Waals surface area contributed by atoms with Crippen LogP contribution in [0.25, 0.3) is 21.5 Å². The van der Waals surface area contributed by atoms with Gasteiger partial charge < -0.3 is 0 Å². The number of carbonyl (C=O) groups excluding carboxylic acids is 1. The first-order valence-corrected chi connectivity index (χ1v) is 13.8. The summed E-state index contributed by atoms with van der Waals surface area (Å²) in [5.41, 5.74) is 4.72. The molecule has 7 heteroatoms. The number of anilines is 1. The van der Waals surface area contributed by atoms with Crippen molar-refractivity contribution in [1.82, 2.24) is 5.43 Å². The van der Waals surface area contributed by atoms with E-state index in [-0.39, 0.29) is 4.90 Å². The van der Waals surface area contributed by atoms with Crippen LogP contribution in [0, 0.1) is 0 Å². The van der Waals surface area contributed by atoms with Crippen molar-refractivity contribution in [2.45, 2.75) is 18.2 Å². The van der Waals surface area contributed by atoms with E-state index in [2.05, 4.69) is 16.6 Å². The normalized spacial score (nSPS) is 11.7. The molecule has 1 N–H and O–H groups in total. The van der Waals surface area contributed by atoms with Gasteiger partial charge in [-0.1, -0.05) is 91.9 Å². The van der Waals surface area contributed by atoms with Gasteiger partial charge in [0, 0.05) is 5.56 Å². The first-order valence-electron chi connectivity index (χ1n) is 12.4. The summed E-state index contributed by atoms with van der Waals surface area (Å²) in [6.07, 6.45) is 2.24. The van der Waals surface area contributed by atoms with Crippen LogP contribution in [-0.4, -0.2) is 27.1 Å². The minimum absolute atomic E-state index is 0.115. The van der Waals surface area contributed by atoms with Crippen molar-refractivity contribution < 1.29 is 13.2 Å². The second-order valence-corrected chi connectivity index (χ2v) is 10.7. The van der Waals surface area contributed by atoms with Crippen molar-refractivity contribution in [2.24, 2.45) is 5.10 Å². The zero-order valence-electron chi connectivity index (χ0n) is 20.9. The van der Waals surface area contributed by atoms with Crippen molar-refractivity contribution in [3.63, 3.8) is 0 Å². The topological polar surface area (TPSA) is 78.8 Å². The number of hydrazone groups is 1. The van der Waals surface area contributed by atoms with Crippen molar-refractivity contribution in [2.75, 3.05) is 10.8 Å². The summed E-state index contributed by atoms with van der Waals surface area (Å²) in [5.74, 6) is -0.545. The van der Waals surface area contributed by atoms with Crippen LogP contribution in [0.5, 0.6) is 0 Å². The Balaban J connectivity index is 1.46. The number of benzene rings is 5. The molecule has 0 saturated heterocycles. The van der Waals surface area contributed by atoms with E-state index in [0.29, 0.717) is 12.1 Å². The lowest BCUT2D eigenvalue weighted by molar-refractivity contribution is -0.119. The van der Waals surface area contributed by atoms with Crippen LogP contribution in [0.3, 0.4) is 0 Å². The molecule has 0 aliphatic heterocycles. The van der Waals surface area contributed by atoms with E-state index in [4.69, 9.17) is 0 Å². The Bertz CT molecular complexity index is 1700. The maximum Gasteiger partial charge on any atom is 0.264 e. The smallest absolute Gasteiger partial charge is 0.264 e. The molecule has 190 valence electrons. The van der Waals surface area contributed by atoms with Gasteiger partial charge in [0.1, 0.15) is 6.54 Å². The molecule has 1 amide bonds. The molecule has 5 aromatic rings. The predicted octanol–water partition coefficient (Wildman–Crippen LogP) is 5.90. The molecule has 0 bridgehead atoms. The van der Waals surface area contributed by atoms with E-state index in [9.17, 15) is 13.2 Å². The summed E-state index contributed by atoms with van der Waals surface area (Å²) in [6.45, 7) is 1.53. The highest BCUT2D eigenvalue weighted by molar-refractivity contribution is 7.92. The summed E-state index contributed by atoms with van der Waals surface area (Å²) in [4.78, 5) is 13.2. The molecular formula is C31H27N3O3S. The second-order valence-electron chi connectivity index (χ2n) is 8.83. The average Bonchev–Trinajstić information content (AvgIpc) is 2.96. The first-order chi connectivity index (χ1) is 18.5. The maximum atomic E-state index is 13.6. The Morgan fingerprint density at radius 2 is 1.39 bits per heavy atom. The Hall–Kier alpha value is -4.49. The highest BCUT2D eigenvalue weighted by Crippen LogP contribution is 2.28. The molecular weight excluding hydrogens is 494 g/mol. The fourth-order valence-corrected chi connectivity index (χ4v) is 6.07. The number of aryl methyl sites for hydroxylation is 1. The van der Waals surface area contributed by atoms with Gasteiger partial charge >= 0.3 is 0 Å². The molecule has 5 rings (SSSR count). The number of para-hydroxylation sites is 1. The van der Waals surface area contributed by atoms with E-state index in [1.165, 1.54) is 12.1 Å². The Kier molecular flexibility index (Phi) is 7.20. The zero-order chi connectivity index (χ0) is 26.5. The van der Waals surface area contributed by atoms with Crippen LogP contribution in [-0.2, 0) is 21.2 Å². The monoisotopic (exact) mass is 521 g/mol. The van der Waals surface area contributed by atoms with Crippen LogP contribution in [0.15, 0.2) is 119 Å². The fraction of sp³-hybridized carbons (Fsp3) is 0.0968. The quantitative estimate of drug-likeness (QED) is 0.157. The van der Waals surface area contributed by atoms with Crippen LogP contribution in [0.4, 0.5) is 5.69 Å². The lowest BCUT2D eigenvalue weighted by atomic mass is 9.97. The van der Waals surface area contributed by atoms with Gasteiger partial charge in [-0.05, 0) is 57.8 Å². The van der Waals surface area contributed by atoms with E-state index in [0.717, 1.165) is 37.0 Å². The molecule has 0 unspecified atom stereocenters. The molecule has 0 aliphatic carbocycles. The third kappa shape index (κ3) is 5.01. The highest BCUT2D eigenvalue weighted by atomic mass is 32.2. The standard InChI is InChI=1S/C31H27N3O3S/c1-2-23-12-8-11-19-30(23)34(38(36,37)26-15-4-3-5-16-26)22-31(35)33-32-21-29-27-17-9-6-13-24(27)20-25-14-7-10-18-28(25)29/h3-21H,2,22H2,1H3,(H,33,35)/b32-21-. The Labute approximate surface area is 222 Å². The number of amides is 1. The van der Waals surface area contributed by atoms with Crippen molar-refractivity contribution >= 4 is 49.4 Å². The third-order valence-corrected chi connectivity index (χ3v) is 8.23. The maximum absolute atomic E-state index is 13.6. The molecule has 5 aromatic carbocycles. The van der Waals surface area contributed by atoms with Crippen molar-refractivity contribution in [3.05, 3.63) is 120 Å². The van der Waals surface area contributed by atoms with Gasteiger partial charge in [0.2, 0.25) is 0 Å². The van der Waals surface area contributed by atoms with Gasteiger partial charge in [-0.25, -0.2) is 13.8 Å². The lowest BCUT2D eigenvalue weighted by Crippen LogP contribution is -2.40. The van der Waals surface area contributed by atoms with Gasteiger partial charge in [-0.2, -0.15) is 5.10 Å². The molecule has 0 heterocycles. The predicted molar refractivity (Wildman–Crippen MR) is 154 cm³/mol. The number of nitrogens with zero attached hydrogens (tertiary/aromatic N) is 2. The number of nitrogens with one attached hydrogen (secondary N) is 1. The van der Waals surface area contributed by atoms with Crippen LogP contribution in [0.1, 0.15) is 18.1 Å². The van der Waals surface area contributed by atoms with Gasteiger partial charge in [-0.3, -0.25) is 9.10 Å². The van der Waals surface area contributed by atoms with E-state index >= 15 is 0 Å². The van der Waals surface area contributed by atoms with E-state index in [1.54, 1.807) is 36.5 Å². The van der Waals surface area contributed by atoms with Crippen molar-refractivity contribution in [3.8, 4) is 0 Å². The average molecular weight is 522 g/mol. The Morgan fingerprint density at radius 1 is 0.816 bits per heavy atom. The highest BCUT2D eigenvalue weighted by Gasteiger charge is 2.28. The number of carbonyl (C=O) groups is 1. The molecule has 0 fully saturated rings. The van der Waals surface area contributed by atoms with Gasteiger partial charge in [0.15, 0.2) is 0 Å². The second kappa shape index (κ2) is 10.9. The molecule has 0 spiro atoms. The molecule has 6 nitrogen and oxygen atoms in total. The molecule has 38 heavy (non-hydrogen) atoms. The molecule has 0 aliphatic rings. The summed E-state index contributed by atoms with van der Waals surface area (Å²) in [6, 6.07) is 33.5. The SMILES string of the molecule is CCc1ccccc1N(CC(=O)N/N=C\c1c2ccccc2cc2ccccc12)S(=O)(=O)c1ccccc1. The summed E-state index contributed by atoms with van der Waals surface area (Å²) in [5, 5.41) is 8.39. The van der Waals surface area contributed by atoms with Gasteiger partial charge in [0.05, 0.1) is 16.8 Å². The van der Waals surface area contributed by atoms with Crippen molar-refractivity contribution in [1.29, 1.82) is 0 Å². The number of rotatable bonds is 8. The van der Waals surface area contributed by atoms with Crippen LogP contribution in [0.2, 0.25) is 0 Å². The molecule has 0 atom stereocenters. The molecule has 0 radical (unpaired) electrons.